The minimum absolute atomic E-state index is 0.137. The van der Waals surface area contributed by atoms with E-state index in [0.29, 0.717) is 32.0 Å². The molecule has 1 aromatic heterocycles. The SMILES string of the molecule is O=c1cc(COc2cc(Cl)c(Cl)cc2Cl)c2ccc3ccccc3c2o1. The summed E-state index contributed by atoms with van der Waals surface area (Å²) < 4.78 is 11.2. The molecule has 0 radical (unpaired) electrons. The first-order chi connectivity index (χ1) is 12.5. The second-order valence-corrected chi connectivity index (χ2v) is 6.96. The zero-order valence-corrected chi connectivity index (χ0v) is 15.5. The number of rotatable bonds is 3. The predicted molar refractivity (Wildman–Crippen MR) is 106 cm³/mol. The number of halogens is 3. The van der Waals surface area contributed by atoms with Gasteiger partial charge in [-0.3, -0.25) is 0 Å². The summed E-state index contributed by atoms with van der Waals surface area (Å²) in [6.45, 7) is 0.137. The standard InChI is InChI=1S/C20H11Cl3O3/c21-15-8-17(23)18(9-16(15)22)25-10-12-7-19(24)26-20-13-4-2-1-3-11(13)5-6-14(12)20/h1-9H,10H2. The van der Waals surface area contributed by atoms with Gasteiger partial charge in [0.05, 0.1) is 15.1 Å². The molecule has 0 aliphatic heterocycles. The van der Waals surface area contributed by atoms with Gasteiger partial charge in [0.25, 0.3) is 0 Å². The molecule has 3 aromatic carbocycles. The Morgan fingerprint density at radius 3 is 2.46 bits per heavy atom. The van der Waals surface area contributed by atoms with Gasteiger partial charge in [0.2, 0.25) is 0 Å². The molecule has 6 heteroatoms. The van der Waals surface area contributed by atoms with E-state index in [4.69, 9.17) is 44.0 Å². The van der Waals surface area contributed by atoms with Crippen molar-refractivity contribution in [2.75, 3.05) is 0 Å². The van der Waals surface area contributed by atoms with Crippen molar-refractivity contribution < 1.29 is 9.15 Å². The van der Waals surface area contributed by atoms with E-state index in [2.05, 4.69) is 0 Å². The molecule has 0 aliphatic carbocycles. The Morgan fingerprint density at radius 1 is 0.846 bits per heavy atom. The lowest BCUT2D eigenvalue weighted by Crippen LogP contribution is -2.04. The van der Waals surface area contributed by atoms with Gasteiger partial charge in [-0.25, -0.2) is 4.79 Å². The second kappa shape index (κ2) is 6.84. The van der Waals surface area contributed by atoms with Crippen LogP contribution < -0.4 is 10.4 Å². The van der Waals surface area contributed by atoms with Crippen molar-refractivity contribution in [3.63, 3.8) is 0 Å². The van der Waals surface area contributed by atoms with Crippen LogP contribution in [0.15, 0.2) is 63.8 Å². The average Bonchev–Trinajstić information content (AvgIpc) is 2.63. The normalized spacial score (nSPS) is 11.2. The summed E-state index contributed by atoms with van der Waals surface area (Å²) in [6, 6.07) is 16.1. The Hall–Kier alpha value is -2.20. The van der Waals surface area contributed by atoms with Crippen molar-refractivity contribution >= 4 is 56.5 Å². The molecule has 4 rings (SSSR count). The maximum Gasteiger partial charge on any atom is 0.336 e. The molecule has 0 unspecified atom stereocenters. The molecule has 0 bridgehead atoms. The Bertz CT molecular complexity index is 1200. The molecule has 0 spiro atoms. The second-order valence-electron chi connectivity index (χ2n) is 5.74. The van der Waals surface area contributed by atoms with E-state index in [-0.39, 0.29) is 6.61 Å². The first kappa shape index (κ1) is 17.2. The van der Waals surface area contributed by atoms with Crippen molar-refractivity contribution in [1.29, 1.82) is 0 Å². The van der Waals surface area contributed by atoms with E-state index >= 15 is 0 Å². The van der Waals surface area contributed by atoms with Crippen molar-refractivity contribution in [3.05, 3.63) is 85.6 Å². The zero-order valence-electron chi connectivity index (χ0n) is 13.3. The number of benzene rings is 3. The van der Waals surface area contributed by atoms with E-state index in [0.717, 1.165) is 16.2 Å². The van der Waals surface area contributed by atoms with E-state index < -0.39 is 5.63 Å². The van der Waals surface area contributed by atoms with Crippen LogP contribution in [0.3, 0.4) is 0 Å². The molecule has 0 amide bonds. The van der Waals surface area contributed by atoms with Crippen LogP contribution in [-0.2, 0) is 6.61 Å². The van der Waals surface area contributed by atoms with Crippen molar-refractivity contribution in [2.24, 2.45) is 0 Å². The van der Waals surface area contributed by atoms with Crippen LogP contribution in [0.25, 0.3) is 21.7 Å². The molecule has 26 heavy (non-hydrogen) atoms. The summed E-state index contributed by atoms with van der Waals surface area (Å²) in [6.07, 6.45) is 0. The molecule has 4 aromatic rings. The van der Waals surface area contributed by atoms with Crippen molar-refractivity contribution in [3.8, 4) is 5.75 Å². The molecule has 0 N–H and O–H groups in total. The number of hydrogen-bond donors (Lipinski definition) is 0. The highest BCUT2D eigenvalue weighted by atomic mass is 35.5. The molecule has 0 saturated carbocycles. The molecule has 0 saturated heterocycles. The van der Waals surface area contributed by atoms with Crippen LogP contribution >= 0.6 is 34.8 Å². The summed E-state index contributed by atoms with van der Waals surface area (Å²) in [5, 5.41) is 3.71. The van der Waals surface area contributed by atoms with Gasteiger partial charge in [0.15, 0.2) is 0 Å². The molecular weight excluding hydrogens is 395 g/mol. The summed E-state index contributed by atoms with van der Waals surface area (Å²) in [5.74, 6) is 0.392. The van der Waals surface area contributed by atoms with Gasteiger partial charge in [-0.15, -0.1) is 0 Å². The van der Waals surface area contributed by atoms with E-state index in [1.807, 2.05) is 36.4 Å². The Morgan fingerprint density at radius 2 is 1.62 bits per heavy atom. The molecule has 0 aliphatic rings. The number of ether oxygens (including phenoxy) is 1. The van der Waals surface area contributed by atoms with Crippen LogP contribution in [0.5, 0.6) is 5.75 Å². The van der Waals surface area contributed by atoms with Crippen LogP contribution in [0.4, 0.5) is 0 Å². The van der Waals surface area contributed by atoms with Crippen molar-refractivity contribution in [1.82, 2.24) is 0 Å². The van der Waals surface area contributed by atoms with Crippen LogP contribution in [0, 0.1) is 0 Å². The molecule has 0 fully saturated rings. The monoisotopic (exact) mass is 404 g/mol. The Kier molecular flexibility index (Phi) is 4.53. The van der Waals surface area contributed by atoms with Gasteiger partial charge < -0.3 is 9.15 Å². The maximum absolute atomic E-state index is 12.0. The minimum Gasteiger partial charge on any atom is -0.487 e. The lowest BCUT2D eigenvalue weighted by molar-refractivity contribution is 0.307. The topological polar surface area (TPSA) is 39.4 Å². The van der Waals surface area contributed by atoms with Gasteiger partial charge in [-0.1, -0.05) is 71.2 Å². The van der Waals surface area contributed by atoms with Crippen LogP contribution in [-0.4, -0.2) is 0 Å². The van der Waals surface area contributed by atoms with Gasteiger partial charge in [0, 0.05) is 28.5 Å². The fourth-order valence-corrected chi connectivity index (χ4v) is 3.44. The smallest absolute Gasteiger partial charge is 0.336 e. The van der Waals surface area contributed by atoms with Crippen LogP contribution in [0.2, 0.25) is 15.1 Å². The van der Waals surface area contributed by atoms with E-state index in [1.54, 1.807) is 6.07 Å². The number of fused-ring (bicyclic) bond motifs is 3. The van der Waals surface area contributed by atoms with E-state index in [9.17, 15) is 4.79 Å². The van der Waals surface area contributed by atoms with Crippen LogP contribution in [0.1, 0.15) is 5.56 Å². The van der Waals surface area contributed by atoms with Gasteiger partial charge in [0.1, 0.15) is 17.9 Å². The first-order valence-electron chi connectivity index (χ1n) is 7.75. The minimum atomic E-state index is -0.437. The van der Waals surface area contributed by atoms with E-state index in [1.165, 1.54) is 12.1 Å². The summed E-state index contributed by atoms with van der Waals surface area (Å²) in [4.78, 5) is 12.0. The molecule has 3 nitrogen and oxygen atoms in total. The van der Waals surface area contributed by atoms with Gasteiger partial charge in [-0.2, -0.15) is 0 Å². The van der Waals surface area contributed by atoms with Gasteiger partial charge in [-0.05, 0) is 11.5 Å². The molecule has 0 atom stereocenters. The highest BCUT2D eigenvalue weighted by Gasteiger charge is 2.12. The quantitative estimate of drug-likeness (QED) is 0.222. The Labute approximate surface area is 163 Å². The van der Waals surface area contributed by atoms with Gasteiger partial charge >= 0.3 is 5.63 Å². The Balaban J connectivity index is 1.78. The maximum atomic E-state index is 12.0. The molecular formula is C20H11Cl3O3. The molecule has 1 heterocycles. The fourth-order valence-electron chi connectivity index (χ4n) is 2.85. The third kappa shape index (κ3) is 3.14. The average molecular weight is 406 g/mol. The largest absolute Gasteiger partial charge is 0.487 e. The highest BCUT2D eigenvalue weighted by Crippen LogP contribution is 2.35. The lowest BCUT2D eigenvalue weighted by Gasteiger charge is -2.11. The summed E-state index contributed by atoms with van der Waals surface area (Å²) in [5.41, 5.74) is 0.797. The highest BCUT2D eigenvalue weighted by molar-refractivity contribution is 6.43. The fraction of sp³-hybridized carbons (Fsp3) is 0.0500. The number of hydrogen-bond acceptors (Lipinski definition) is 3. The third-order valence-electron chi connectivity index (χ3n) is 4.08. The lowest BCUT2D eigenvalue weighted by atomic mass is 10.0. The zero-order chi connectivity index (χ0) is 18.3. The predicted octanol–water partition coefficient (Wildman–Crippen LogP) is 6.49. The molecule has 130 valence electrons. The summed E-state index contributed by atoms with van der Waals surface area (Å²) >= 11 is 18.1. The van der Waals surface area contributed by atoms with Crippen molar-refractivity contribution in [2.45, 2.75) is 6.61 Å². The third-order valence-corrected chi connectivity index (χ3v) is 5.10. The summed E-state index contributed by atoms with van der Waals surface area (Å²) in [7, 11) is 0. The first-order valence-corrected chi connectivity index (χ1v) is 8.88.